The van der Waals surface area contributed by atoms with Crippen LogP contribution in [-0.2, 0) is 9.53 Å². The molecule has 0 radical (unpaired) electrons. The van der Waals surface area contributed by atoms with Crippen molar-refractivity contribution in [1.82, 2.24) is 5.32 Å². The molecule has 1 aliphatic carbocycles. The first-order chi connectivity index (χ1) is 9.60. The first-order valence-corrected chi connectivity index (χ1v) is 6.50. The topological polar surface area (TPSA) is 90.6 Å². The third-order valence-electron chi connectivity index (χ3n) is 2.97. The molecule has 0 unspecified atom stereocenters. The summed E-state index contributed by atoms with van der Waals surface area (Å²) in [6.45, 7) is 0.0596. The van der Waals surface area contributed by atoms with Gasteiger partial charge in [0.15, 0.2) is 0 Å². The smallest absolute Gasteiger partial charge is 0.338 e. The first-order valence-electron chi connectivity index (χ1n) is 6.50. The van der Waals surface area contributed by atoms with E-state index in [1.807, 2.05) is 0 Å². The van der Waals surface area contributed by atoms with Crippen LogP contribution in [0.5, 0.6) is 5.75 Å². The van der Waals surface area contributed by atoms with Gasteiger partial charge in [0.05, 0.1) is 24.8 Å². The van der Waals surface area contributed by atoms with Crippen LogP contribution < -0.4 is 15.8 Å². The highest BCUT2D eigenvalue weighted by Crippen LogP contribution is 2.22. The minimum Gasteiger partial charge on any atom is -0.495 e. The van der Waals surface area contributed by atoms with Crippen molar-refractivity contribution < 1.29 is 19.1 Å². The van der Waals surface area contributed by atoms with Crippen molar-refractivity contribution in [2.24, 2.45) is 0 Å². The standard InChI is InChI=1S/C14H18N2O4/c1-19-12-8-9(2-5-11(12)15)14(18)20-7-6-13(17)16-10-3-4-10/h2,5,8,10H,3-4,6-7,15H2,1H3,(H,16,17). The largest absolute Gasteiger partial charge is 0.495 e. The Morgan fingerprint density at radius 2 is 2.15 bits per heavy atom. The Labute approximate surface area is 117 Å². The van der Waals surface area contributed by atoms with E-state index in [9.17, 15) is 9.59 Å². The minimum absolute atomic E-state index is 0.0596. The van der Waals surface area contributed by atoms with Crippen molar-refractivity contribution in [1.29, 1.82) is 0 Å². The Bertz CT molecular complexity index is 512. The fraction of sp³-hybridized carbons (Fsp3) is 0.429. The lowest BCUT2D eigenvalue weighted by Crippen LogP contribution is -2.26. The van der Waals surface area contributed by atoms with Gasteiger partial charge in [0.1, 0.15) is 12.4 Å². The Morgan fingerprint density at radius 1 is 1.40 bits per heavy atom. The molecule has 0 spiro atoms. The van der Waals surface area contributed by atoms with Crippen LogP contribution in [0.4, 0.5) is 5.69 Å². The summed E-state index contributed by atoms with van der Waals surface area (Å²) < 4.78 is 10.1. The monoisotopic (exact) mass is 278 g/mol. The molecule has 3 N–H and O–H groups in total. The highest BCUT2D eigenvalue weighted by molar-refractivity contribution is 5.91. The van der Waals surface area contributed by atoms with Crippen LogP contribution in [-0.4, -0.2) is 31.6 Å². The third kappa shape index (κ3) is 3.88. The maximum absolute atomic E-state index is 11.8. The average molecular weight is 278 g/mol. The van der Waals surface area contributed by atoms with Crippen molar-refractivity contribution in [2.75, 3.05) is 19.5 Å². The summed E-state index contributed by atoms with van der Waals surface area (Å²) in [4.78, 5) is 23.2. The molecule has 2 rings (SSSR count). The van der Waals surface area contributed by atoms with Gasteiger partial charge in [-0.25, -0.2) is 4.79 Å². The van der Waals surface area contributed by atoms with E-state index in [0.29, 0.717) is 23.0 Å². The Morgan fingerprint density at radius 3 is 2.80 bits per heavy atom. The molecular formula is C14H18N2O4. The number of methoxy groups -OCH3 is 1. The highest BCUT2D eigenvalue weighted by atomic mass is 16.5. The second kappa shape index (κ2) is 6.27. The zero-order valence-corrected chi connectivity index (χ0v) is 11.3. The number of ether oxygens (including phenoxy) is 2. The van der Waals surface area contributed by atoms with E-state index in [4.69, 9.17) is 15.2 Å². The Hall–Kier alpha value is -2.24. The maximum atomic E-state index is 11.8. The number of rotatable bonds is 6. The molecule has 6 nitrogen and oxygen atoms in total. The lowest BCUT2D eigenvalue weighted by Gasteiger charge is -2.08. The molecule has 0 saturated heterocycles. The fourth-order valence-corrected chi connectivity index (χ4v) is 1.69. The fourth-order valence-electron chi connectivity index (χ4n) is 1.69. The second-order valence-electron chi connectivity index (χ2n) is 4.68. The summed E-state index contributed by atoms with van der Waals surface area (Å²) in [5.41, 5.74) is 6.46. The van der Waals surface area contributed by atoms with Gasteiger partial charge in [-0.15, -0.1) is 0 Å². The minimum atomic E-state index is -0.498. The number of esters is 1. The number of hydrogen-bond donors (Lipinski definition) is 2. The van der Waals surface area contributed by atoms with E-state index >= 15 is 0 Å². The van der Waals surface area contributed by atoms with E-state index in [-0.39, 0.29) is 18.9 Å². The quantitative estimate of drug-likeness (QED) is 0.600. The van der Waals surface area contributed by atoms with Gasteiger partial charge in [0.25, 0.3) is 0 Å². The number of carbonyl (C=O) groups excluding carboxylic acids is 2. The van der Waals surface area contributed by atoms with Gasteiger partial charge >= 0.3 is 5.97 Å². The summed E-state index contributed by atoms with van der Waals surface area (Å²) in [6, 6.07) is 4.97. The van der Waals surface area contributed by atoms with Crippen LogP contribution in [0.15, 0.2) is 18.2 Å². The molecule has 1 fully saturated rings. The molecular weight excluding hydrogens is 260 g/mol. The van der Waals surface area contributed by atoms with Gasteiger partial charge in [0.2, 0.25) is 5.91 Å². The van der Waals surface area contributed by atoms with Crippen molar-refractivity contribution in [2.45, 2.75) is 25.3 Å². The molecule has 0 aliphatic heterocycles. The summed E-state index contributed by atoms with van der Waals surface area (Å²) in [6.07, 6.45) is 2.25. The predicted molar refractivity (Wildman–Crippen MR) is 73.5 cm³/mol. The summed E-state index contributed by atoms with van der Waals surface area (Å²) in [7, 11) is 1.48. The number of carbonyl (C=O) groups is 2. The van der Waals surface area contributed by atoms with Crippen molar-refractivity contribution in [3.8, 4) is 5.75 Å². The number of amides is 1. The van der Waals surface area contributed by atoms with Gasteiger partial charge in [-0.3, -0.25) is 4.79 Å². The number of nitrogens with one attached hydrogen (secondary N) is 1. The molecule has 6 heteroatoms. The molecule has 0 atom stereocenters. The van der Waals surface area contributed by atoms with Crippen LogP contribution in [0.2, 0.25) is 0 Å². The lowest BCUT2D eigenvalue weighted by atomic mass is 10.2. The maximum Gasteiger partial charge on any atom is 0.338 e. The molecule has 1 aliphatic rings. The molecule has 0 aromatic heterocycles. The van der Waals surface area contributed by atoms with Gasteiger partial charge in [-0.2, -0.15) is 0 Å². The molecule has 1 saturated carbocycles. The molecule has 108 valence electrons. The molecule has 0 bridgehead atoms. The van der Waals surface area contributed by atoms with Gasteiger partial charge < -0.3 is 20.5 Å². The van der Waals surface area contributed by atoms with Gasteiger partial charge in [-0.1, -0.05) is 0 Å². The zero-order valence-electron chi connectivity index (χ0n) is 11.3. The first kappa shape index (κ1) is 14.2. The van der Waals surface area contributed by atoms with Crippen molar-refractivity contribution in [3.05, 3.63) is 23.8 Å². The van der Waals surface area contributed by atoms with Crippen LogP contribution in [0, 0.1) is 0 Å². The SMILES string of the molecule is COc1cc(C(=O)OCCC(=O)NC2CC2)ccc1N. The molecule has 1 aromatic rings. The molecule has 1 amide bonds. The number of anilines is 1. The van der Waals surface area contributed by atoms with E-state index in [2.05, 4.69) is 5.32 Å². The van der Waals surface area contributed by atoms with Gasteiger partial charge in [0, 0.05) is 6.04 Å². The lowest BCUT2D eigenvalue weighted by molar-refractivity contribution is -0.121. The van der Waals surface area contributed by atoms with E-state index in [0.717, 1.165) is 12.8 Å². The Balaban J connectivity index is 1.80. The van der Waals surface area contributed by atoms with Crippen LogP contribution in [0.25, 0.3) is 0 Å². The normalized spacial score (nSPS) is 13.7. The number of nitrogen functional groups attached to an aromatic ring is 1. The third-order valence-corrected chi connectivity index (χ3v) is 2.97. The number of hydrogen-bond acceptors (Lipinski definition) is 5. The van der Waals surface area contributed by atoms with Crippen molar-refractivity contribution >= 4 is 17.6 Å². The van der Waals surface area contributed by atoms with E-state index in [1.165, 1.54) is 13.2 Å². The molecule has 20 heavy (non-hydrogen) atoms. The van der Waals surface area contributed by atoms with Gasteiger partial charge in [-0.05, 0) is 31.0 Å². The summed E-state index contributed by atoms with van der Waals surface area (Å²) >= 11 is 0. The van der Waals surface area contributed by atoms with Crippen molar-refractivity contribution in [3.63, 3.8) is 0 Å². The summed E-state index contributed by atoms with van der Waals surface area (Å²) in [5, 5.41) is 2.83. The highest BCUT2D eigenvalue weighted by Gasteiger charge is 2.23. The number of nitrogens with two attached hydrogens (primary N) is 1. The summed E-state index contributed by atoms with van der Waals surface area (Å²) in [5.74, 6) is -0.163. The van der Waals surface area contributed by atoms with Crippen LogP contribution in [0.3, 0.4) is 0 Å². The molecule has 1 aromatic carbocycles. The second-order valence-corrected chi connectivity index (χ2v) is 4.68. The van der Waals surface area contributed by atoms with E-state index in [1.54, 1.807) is 12.1 Å². The van der Waals surface area contributed by atoms with Crippen LogP contribution >= 0.6 is 0 Å². The number of benzene rings is 1. The zero-order chi connectivity index (χ0) is 14.5. The molecule has 0 heterocycles. The van der Waals surface area contributed by atoms with Crippen LogP contribution in [0.1, 0.15) is 29.6 Å². The average Bonchev–Trinajstić information content (AvgIpc) is 3.23. The van der Waals surface area contributed by atoms with E-state index < -0.39 is 5.97 Å². The predicted octanol–water partition coefficient (Wildman–Crippen LogP) is 1.10. The Kier molecular flexibility index (Phi) is 4.45.